The van der Waals surface area contributed by atoms with Crippen molar-refractivity contribution in [2.75, 3.05) is 33.7 Å². The van der Waals surface area contributed by atoms with E-state index < -0.39 is 11.9 Å². The minimum Gasteiger partial charge on any atom is -0.481 e. The average Bonchev–Trinajstić information content (AvgIpc) is 2.85. The number of nitrogens with zero attached hydrogens (tertiary/aromatic N) is 2. The number of carboxylic acid groups (broad SMARTS) is 1. The second-order valence-electron chi connectivity index (χ2n) is 5.47. The van der Waals surface area contributed by atoms with Crippen molar-refractivity contribution in [1.82, 2.24) is 9.80 Å². The molecule has 4 heteroatoms. The lowest BCUT2D eigenvalue weighted by molar-refractivity contribution is -0.139. The van der Waals surface area contributed by atoms with Crippen molar-refractivity contribution in [3.63, 3.8) is 0 Å². The summed E-state index contributed by atoms with van der Waals surface area (Å²) in [4.78, 5) is 15.9. The van der Waals surface area contributed by atoms with E-state index in [2.05, 4.69) is 23.9 Å². The summed E-state index contributed by atoms with van der Waals surface area (Å²) in [5.41, 5.74) is 0.892. The first-order valence-corrected chi connectivity index (χ1v) is 6.74. The quantitative estimate of drug-likeness (QED) is 0.873. The van der Waals surface area contributed by atoms with Gasteiger partial charge in [-0.25, -0.2) is 0 Å². The number of aliphatic carboxylic acids is 1. The zero-order valence-corrected chi connectivity index (χ0v) is 11.6. The van der Waals surface area contributed by atoms with Gasteiger partial charge in [-0.3, -0.25) is 4.79 Å². The highest BCUT2D eigenvalue weighted by molar-refractivity contribution is 5.76. The minimum atomic E-state index is -0.737. The number of likely N-dealkylation sites (tertiary alicyclic amines) is 1. The third-order valence-corrected chi connectivity index (χ3v) is 3.92. The molecule has 1 saturated heterocycles. The molecule has 0 aliphatic carbocycles. The Balaban J connectivity index is 2.01. The van der Waals surface area contributed by atoms with Gasteiger partial charge in [0.15, 0.2) is 0 Å². The minimum absolute atomic E-state index is 0.429. The molecule has 1 aliphatic rings. The van der Waals surface area contributed by atoms with Crippen LogP contribution in [0.5, 0.6) is 0 Å². The maximum atomic E-state index is 11.5. The van der Waals surface area contributed by atoms with Gasteiger partial charge in [0.25, 0.3) is 0 Å². The SMILES string of the molecule is CN(C)C1CCN(CC(C(=O)O)c2ccccc2)C1. The predicted molar refractivity (Wildman–Crippen MR) is 75.4 cm³/mol. The molecular formula is C15H22N2O2. The van der Waals surface area contributed by atoms with Crippen LogP contribution in [0.4, 0.5) is 0 Å². The van der Waals surface area contributed by atoms with Crippen LogP contribution in [-0.2, 0) is 4.79 Å². The van der Waals surface area contributed by atoms with Crippen LogP contribution in [0.25, 0.3) is 0 Å². The van der Waals surface area contributed by atoms with Crippen molar-refractivity contribution in [3.8, 4) is 0 Å². The van der Waals surface area contributed by atoms with Crippen LogP contribution >= 0.6 is 0 Å². The van der Waals surface area contributed by atoms with Gasteiger partial charge < -0.3 is 14.9 Å². The molecule has 104 valence electrons. The summed E-state index contributed by atoms with van der Waals surface area (Å²) < 4.78 is 0. The molecule has 4 nitrogen and oxygen atoms in total. The molecule has 0 spiro atoms. The Kier molecular flexibility index (Phi) is 4.56. The number of benzene rings is 1. The van der Waals surface area contributed by atoms with Crippen molar-refractivity contribution in [1.29, 1.82) is 0 Å². The molecule has 1 aromatic rings. The molecule has 0 radical (unpaired) electrons. The summed E-state index contributed by atoms with van der Waals surface area (Å²) in [6.07, 6.45) is 1.12. The van der Waals surface area contributed by atoms with Gasteiger partial charge in [0.1, 0.15) is 0 Å². The van der Waals surface area contributed by atoms with Gasteiger partial charge in [-0.2, -0.15) is 0 Å². The van der Waals surface area contributed by atoms with E-state index in [9.17, 15) is 9.90 Å². The first kappa shape index (κ1) is 14.0. The smallest absolute Gasteiger partial charge is 0.312 e. The summed E-state index contributed by atoms with van der Waals surface area (Å²) in [5.74, 6) is -1.17. The molecule has 1 aromatic carbocycles. The average molecular weight is 262 g/mol. The maximum absolute atomic E-state index is 11.5. The first-order chi connectivity index (χ1) is 9.08. The summed E-state index contributed by atoms with van der Waals surface area (Å²) in [5, 5.41) is 9.43. The van der Waals surface area contributed by atoms with Crippen molar-refractivity contribution in [2.24, 2.45) is 0 Å². The highest BCUT2D eigenvalue weighted by Crippen LogP contribution is 2.21. The van der Waals surface area contributed by atoms with Gasteiger partial charge in [0.05, 0.1) is 5.92 Å². The van der Waals surface area contributed by atoms with E-state index in [1.807, 2.05) is 30.3 Å². The molecule has 2 unspecified atom stereocenters. The van der Waals surface area contributed by atoms with Crippen molar-refractivity contribution in [3.05, 3.63) is 35.9 Å². The molecule has 0 saturated carbocycles. The Bertz CT molecular complexity index is 419. The van der Waals surface area contributed by atoms with Gasteiger partial charge >= 0.3 is 5.97 Å². The molecule has 0 bridgehead atoms. The Morgan fingerprint density at radius 2 is 2.11 bits per heavy atom. The second kappa shape index (κ2) is 6.17. The van der Waals surface area contributed by atoms with Crippen LogP contribution in [0.2, 0.25) is 0 Å². The Hall–Kier alpha value is -1.39. The van der Waals surface area contributed by atoms with Gasteiger partial charge in [0.2, 0.25) is 0 Å². The Labute approximate surface area is 114 Å². The number of carboxylic acids is 1. The van der Waals surface area contributed by atoms with E-state index in [0.717, 1.165) is 25.1 Å². The van der Waals surface area contributed by atoms with Crippen LogP contribution in [-0.4, -0.2) is 60.6 Å². The molecule has 19 heavy (non-hydrogen) atoms. The molecule has 1 fully saturated rings. The molecule has 0 amide bonds. The topological polar surface area (TPSA) is 43.8 Å². The summed E-state index contributed by atoms with van der Waals surface area (Å²) in [7, 11) is 4.17. The van der Waals surface area contributed by atoms with E-state index in [1.165, 1.54) is 0 Å². The Morgan fingerprint density at radius 1 is 1.42 bits per heavy atom. The molecular weight excluding hydrogens is 240 g/mol. The largest absolute Gasteiger partial charge is 0.481 e. The number of likely N-dealkylation sites (N-methyl/N-ethyl adjacent to an activating group) is 1. The van der Waals surface area contributed by atoms with Crippen molar-refractivity contribution < 1.29 is 9.90 Å². The van der Waals surface area contributed by atoms with E-state index in [4.69, 9.17) is 0 Å². The monoisotopic (exact) mass is 262 g/mol. The lowest BCUT2D eigenvalue weighted by atomic mass is 9.99. The zero-order chi connectivity index (χ0) is 13.8. The van der Waals surface area contributed by atoms with Crippen LogP contribution < -0.4 is 0 Å². The maximum Gasteiger partial charge on any atom is 0.312 e. The molecule has 1 aliphatic heterocycles. The summed E-state index contributed by atoms with van der Waals surface area (Å²) in [6, 6.07) is 10.1. The normalized spacial score (nSPS) is 21.7. The van der Waals surface area contributed by atoms with Gasteiger partial charge in [-0.05, 0) is 32.6 Å². The lowest BCUT2D eigenvalue weighted by Crippen LogP contribution is -2.34. The summed E-state index contributed by atoms with van der Waals surface area (Å²) >= 11 is 0. The van der Waals surface area contributed by atoms with Crippen LogP contribution in [0.1, 0.15) is 17.9 Å². The molecule has 1 N–H and O–H groups in total. The lowest BCUT2D eigenvalue weighted by Gasteiger charge is -2.23. The standard InChI is InChI=1S/C15H22N2O2/c1-16(2)13-8-9-17(10-13)11-14(15(18)19)12-6-4-3-5-7-12/h3-7,13-14H,8-11H2,1-2H3,(H,18,19). The number of hydrogen-bond donors (Lipinski definition) is 1. The van der Waals surface area contributed by atoms with Crippen LogP contribution in [0, 0.1) is 0 Å². The molecule has 2 rings (SSSR count). The second-order valence-corrected chi connectivity index (χ2v) is 5.47. The van der Waals surface area contributed by atoms with Crippen molar-refractivity contribution in [2.45, 2.75) is 18.4 Å². The fourth-order valence-corrected chi connectivity index (χ4v) is 2.67. The van der Waals surface area contributed by atoms with E-state index in [1.54, 1.807) is 0 Å². The van der Waals surface area contributed by atoms with Gasteiger partial charge in [0, 0.05) is 19.1 Å². The molecule has 2 atom stereocenters. The highest BCUT2D eigenvalue weighted by Gasteiger charge is 2.29. The van der Waals surface area contributed by atoms with E-state index >= 15 is 0 Å². The number of carbonyl (C=O) groups is 1. The molecule has 0 aromatic heterocycles. The third kappa shape index (κ3) is 3.55. The third-order valence-electron chi connectivity index (χ3n) is 3.92. The predicted octanol–water partition coefficient (Wildman–Crippen LogP) is 1.49. The highest BCUT2D eigenvalue weighted by atomic mass is 16.4. The summed E-state index contributed by atoms with van der Waals surface area (Å²) in [6.45, 7) is 2.55. The first-order valence-electron chi connectivity index (χ1n) is 6.74. The number of rotatable bonds is 5. The van der Waals surface area contributed by atoms with E-state index in [-0.39, 0.29) is 0 Å². The number of hydrogen-bond acceptors (Lipinski definition) is 3. The van der Waals surface area contributed by atoms with Crippen LogP contribution in [0.15, 0.2) is 30.3 Å². The van der Waals surface area contributed by atoms with Gasteiger partial charge in [-0.15, -0.1) is 0 Å². The fraction of sp³-hybridized carbons (Fsp3) is 0.533. The zero-order valence-electron chi connectivity index (χ0n) is 11.6. The van der Waals surface area contributed by atoms with Crippen molar-refractivity contribution >= 4 is 5.97 Å². The fourth-order valence-electron chi connectivity index (χ4n) is 2.67. The molecule has 1 heterocycles. The Morgan fingerprint density at radius 3 is 2.63 bits per heavy atom. The van der Waals surface area contributed by atoms with E-state index in [0.29, 0.717) is 12.6 Å². The van der Waals surface area contributed by atoms with Gasteiger partial charge in [-0.1, -0.05) is 30.3 Å². The van der Waals surface area contributed by atoms with Crippen LogP contribution in [0.3, 0.4) is 0 Å².